The molecule has 13 heavy (non-hydrogen) atoms. The first-order valence-corrected chi connectivity index (χ1v) is 5.93. The van der Waals surface area contributed by atoms with Gasteiger partial charge in [-0.2, -0.15) is 0 Å². The Labute approximate surface area is 92.2 Å². The van der Waals surface area contributed by atoms with Crippen molar-refractivity contribution in [3.63, 3.8) is 0 Å². The van der Waals surface area contributed by atoms with Gasteiger partial charge in [-0.15, -0.1) is 0 Å². The largest absolute Gasteiger partial charge is 0.0706 e. The number of hydrogen-bond donors (Lipinski definition) is 0. The van der Waals surface area contributed by atoms with E-state index in [0.717, 1.165) is 12.8 Å². The average molecular weight is 247 g/mol. The van der Waals surface area contributed by atoms with Crippen LogP contribution in [0.5, 0.6) is 0 Å². The minimum absolute atomic E-state index is 1.08. The third kappa shape index (κ3) is 8.29. The van der Waals surface area contributed by atoms with E-state index in [4.69, 9.17) is 0 Å². The molecule has 0 aliphatic heterocycles. The van der Waals surface area contributed by atoms with E-state index in [1.807, 2.05) is 13.8 Å². The Morgan fingerprint density at radius 3 is 1.85 bits per heavy atom. The normalized spacial score (nSPS) is 13.0. The molecule has 0 rings (SSSR count). The molecular weight excluding hydrogens is 224 g/mol. The SMILES string of the molecule is CC.CCC(C)=C(C)/C=C(/Br)CC. The summed E-state index contributed by atoms with van der Waals surface area (Å²) < 4.78 is 1.28. The zero-order chi connectivity index (χ0) is 10.9. The van der Waals surface area contributed by atoms with E-state index >= 15 is 0 Å². The number of hydrogen-bond acceptors (Lipinski definition) is 0. The molecule has 0 nitrogen and oxygen atoms in total. The highest BCUT2D eigenvalue weighted by Gasteiger charge is 1.92. The molecule has 0 aromatic carbocycles. The quantitative estimate of drug-likeness (QED) is 0.582. The standard InChI is InChI=1S/C10H17Br.C2H6/c1-5-8(3)9(4)7-10(11)6-2;1-2/h7H,5-6H2,1-4H3;1-2H3/b9-8?,10-7+;. The number of halogens is 1. The van der Waals surface area contributed by atoms with E-state index in [2.05, 4.69) is 49.7 Å². The van der Waals surface area contributed by atoms with Gasteiger partial charge in [0.2, 0.25) is 0 Å². The van der Waals surface area contributed by atoms with E-state index in [1.165, 1.54) is 15.6 Å². The molecule has 0 N–H and O–H groups in total. The van der Waals surface area contributed by atoms with Crippen molar-refractivity contribution in [2.75, 3.05) is 0 Å². The molecule has 0 radical (unpaired) electrons. The Bertz CT molecular complexity index is 176. The first-order valence-electron chi connectivity index (χ1n) is 5.14. The van der Waals surface area contributed by atoms with Crippen LogP contribution in [0.4, 0.5) is 0 Å². The summed E-state index contributed by atoms with van der Waals surface area (Å²) in [5, 5.41) is 0. The Hall–Kier alpha value is -0.0400. The van der Waals surface area contributed by atoms with Crippen molar-refractivity contribution in [2.24, 2.45) is 0 Å². The smallest absolute Gasteiger partial charge is 0.00495 e. The lowest BCUT2D eigenvalue weighted by Crippen LogP contribution is -1.79. The first-order chi connectivity index (χ1) is 6.11. The molecule has 0 bridgehead atoms. The van der Waals surface area contributed by atoms with Crippen molar-refractivity contribution in [1.82, 2.24) is 0 Å². The van der Waals surface area contributed by atoms with Crippen molar-refractivity contribution in [1.29, 1.82) is 0 Å². The van der Waals surface area contributed by atoms with Gasteiger partial charge in [0, 0.05) is 0 Å². The van der Waals surface area contributed by atoms with Crippen LogP contribution in [-0.2, 0) is 0 Å². The van der Waals surface area contributed by atoms with Crippen LogP contribution in [0.15, 0.2) is 21.7 Å². The van der Waals surface area contributed by atoms with Crippen LogP contribution in [0, 0.1) is 0 Å². The van der Waals surface area contributed by atoms with E-state index in [-0.39, 0.29) is 0 Å². The van der Waals surface area contributed by atoms with Crippen LogP contribution >= 0.6 is 15.9 Å². The van der Waals surface area contributed by atoms with Gasteiger partial charge in [-0.25, -0.2) is 0 Å². The summed E-state index contributed by atoms with van der Waals surface area (Å²) >= 11 is 3.50. The van der Waals surface area contributed by atoms with Gasteiger partial charge in [0.15, 0.2) is 0 Å². The molecule has 0 aromatic rings. The second-order valence-electron chi connectivity index (χ2n) is 2.76. The van der Waals surface area contributed by atoms with Crippen LogP contribution in [0.2, 0.25) is 0 Å². The van der Waals surface area contributed by atoms with Gasteiger partial charge in [-0.1, -0.05) is 54.8 Å². The van der Waals surface area contributed by atoms with Gasteiger partial charge in [0.05, 0.1) is 0 Å². The lowest BCUT2D eigenvalue weighted by atomic mass is 10.1. The molecule has 0 amide bonds. The number of allylic oxidation sites excluding steroid dienone is 4. The van der Waals surface area contributed by atoms with Gasteiger partial charge < -0.3 is 0 Å². The van der Waals surface area contributed by atoms with E-state index in [1.54, 1.807) is 0 Å². The predicted molar refractivity (Wildman–Crippen MR) is 67.3 cm³/mol. The minimum atomic E-state index is 1.08. The summed E-state index contributed by atoms with van der Waals surface area (Å²) in [6.07, 6.45) is 4.43. The maximum absolute atomic E-state index is 3.50. The fraction of sp³-hybridized carbons (Fsp3) is 0.667. The van der Waals surface area contributed by atoms with Gasteiger partial charge in [0.1, 0.15) is 0 Å². The van der Waals surface area contributed by atoms with Crippen molar-refractivity contribution < 1.29 is 0 Å². The molecule has 78 valence electrons. The molecule has 1 heteroatoms. The third-order valence-electron chi connectivity index (χ3n) is 1.91. The topological polar surface area (TPSA) is 0 Å². The molecule has 0 aromatic heterocycles. The highest BCUT2D eigenvalue weighted by atomic mass is 79.9. The Morgan fingerprint density at radius 2 is 1.54 bits per heavy atom. The summed E-state index contributed by atoms with van der Waals surface area (Å²) in [4.78, 5) is 0. The van der Waals surface area contributed by atoms with Gasteiger partial charge in [-0.05, 0) is 37.2 Å². The molecule has 0 unspecified atom stereocenters. The van der Waals surface area contributed by atoms with Gasteiger partial charge >= 0.3 is 0 Å². The first kappa shape index (κ1) is 15.4. The summed E-state index contributed by atoms with van der Waals surface area (Å²) in [6, 6.07) is 0. The molecule has 0 aliphatic carbocycles. The average Bonchev–Trinajstić information content (AvgIpc) is 2.19. The van der Waals surface area contributed by atoms with E-state index in [9.17, 15) is 0 Å². The summed E-state index contributed by atoms with van der Waals surface area (Å²) in [7, 11) is 0. The molecule has 0 fully saturated rings. The molecule has 0 saturated heterocycles. The van der Waals surface area contributed by atoms with Crippen LogP contribution in [0.25, 0.3) is 0 Å². The molecule has 0 saturated carbocycles. The minimum Gasteiger partial charge on any atom is -0.0706 e. The molecular formula is C12H23Br. The van der Waals surface area contributed by atoms with Crippen molar-refractivity contribution in [2.45, 2.75) is 54.4 Å². The van der Waals surface area contributed by atoms with Gasteiger partial charge in [0.25, 0.3) is 0 Å². The van der Waals surface area contributed by atoms with Crippen molar-refractivity contribution in [3.8, 4) is 0 Å². The second-order valence-corrected chi connectivity index (χ2v) is 3.78. The Balaban J connectivity index is 0. The molecule has 0 aliphatic rings. The monoisotopic (exact) mass is 246 g/mol. The Morgan fingerprint density at radius 1 is 1.08 bits per heavy atom. The third-order valence-corrected chi connectivity index (χ3v) is 2.70. The van der Waals surface area contributed by atoms with E-state index < -0.39 is 0 Å². The van der Waals surface area contributed by atoms with Crippen molar-refractivity contribution >= 4 is 15.9 Å². The molecule has 0 spiro atoms. The van der Waals surface area contributed by atoms with Crippen molar-refractivity contribution in [3.05, 3.63) is 21.7 Å². The molecule has 0 heterocycles. The predicted octanol–water partition coefficient (Wildman–Crippen LogP) is 5.45. The zero-order valence-corrected chi connectivity index (χ0v) is 11.5. The summed E-state index contributed by atoms with van der Waals surface area (Å²) in [5.41, 5.74) is 2.86. The number of rotatable bonds is 3. The second kappa shape index (κ2) is 10.0. The highest BCUT2D eigenvalue weighted by Crippen LogP contribution is 2.16. The van der Waals surface area contributed by atoms with Crippen LogP contribution in [0.3, 0.4) is 0 Å². The van der Waals surface area contributed by atoms with Crippen LogP contribution in [-0.4, -0.2) is 0 Å². The maximum Gasteiger partial charge on any atom is -0.00495 e. The lowest BCUT2D eigenvalue weighted by Gasteiger charge is -2.00. The fourth-order valence-corrected chi connectivity index (χ4v) is 1.08. The van der Waals surface area contributed by atoms with Gasteiger partial charge in [-0.3, -0.25) is 0 Å². The summed E-state index contributed by atoms with van der Waals surface area (Å²) in [6.45, 7) is 12.7. The van der Waals surface area contributed by atoms with E-state index in [0.29, 0.717) is 0 Å². The lowest BCUT2D eigenvalue weighted by molar-refractivity contribution is 1.07. The molecule has 0 atom stereocenters. The van der Waals surface area contributed by atoms with Crippen LogP contribution < -0.4 is 0 Å². The highest BCUT2D eigenvalue weighted by molar-refractivity contribution is 9.11. The maximum atomic E-state index is 3.50. The van der Waals surface area contributed by atoms with Crippen LogP contribution in [0.1, 0.15) is 54.4 Å². The zero-order valence-electron chi connectivity index (χ0n) is 9.87. The Kier molecular flexibility index (Phi) is 11.9. The summed E-state index contributed by atoms with van der Waals surface area (Å²) in [5.74, 6) is 0. The fourth-order valence-electron chi connectivity index (χ4n) is 0.739.